The van der Waals surface area contributed by atoms with Crippen LogP contribution in [0.15, 0.2) is 18.2 Å². The molecular weight excluding hydrogens is 330 g/mol. The molecule has 3 rings (SSSR count). The number of hydrogen-bond donors (Lipinski definition) is 3. The standard InChI is InChI=1S/C20H27N3O3/c1-11(19-7-14-4-5-15(19)6-14)21-20(26)16-8-17(22-12(2)24)10-18(9-16)23-13(3)25/h8-11,14-15,19H,4-7H2,1-3H3,(H,21,26)(H,22,24)(H,23,25)/t11-,14-,15-,19-/m0/s1. The van der Waals surface area contributed by atoms with E-state index in [1.807, 2.05) is 0 Å². The van der Waals surface area contributed by atoms with Crippen LogP contribution in [0.25, 0.3) is 0 Å². The highest BCUT2D eigenvalue weighted by Gasteiger charge is 2.42. The summed E-state index contributed by atoms with van der Waals surface area (Å²) in [4.78, 5) is 35.5. The Balaban J connectivity index is 1.74. The Morgan fingerprint density at radius 1 is 0.962 bits per heavy atom. The second-order valence-electron chi connectivity index (χ2n) is 7.76. The van der Waals surface area contributed by atoms with E-state index in [-0.39, 0.29) is 23.8 Å². The highest BCUT2D eigenvalue weighted by atomic mass is 16.2. The number of carbonyl (C=O) groups excluding carboxylic acids is 3. The number of nitrogens with one attached hydrogen (secondary N) is 3. The molecule has 2 aliphatic carbocycles. The second-order valence-corrected chi connectivity index (χ2v) is 7.76. The molecule has 3 amide bonds. The summed E-state index contributed by atoms with van der Waals surface area (Å²) in [6, 6.07) is 5.02. The van der Waals surface area contributed by atoms with E-state index in [4.69, 9.17) is 0 Å². The molecule has 0 unspecified atom stereocenters. The first-order valence-corrected chi connectivity index (χ1v) is 9.33. The van der Waals surface area contributed by atoms with Crippen molar-refractivity contribution in [2.75, 3.05) is 10.6 Å². The van der Waals surface area contributed by atoms with Gasteiger partial charge in [0.25, 0.3) is 5.91 Å². The average molecular weight is 357 g/mol. The van der Waals surface area contributed by atoms with Gasteiger partial charge in [0, 0.05) is 36.8 Å². The van der Waals surface area contributed by atoms with E-state index < -0.39 is 0 Å². The lowest BCUT2D eigenvalue weighted by atomic mass is 9.84. The quantitative estimate of drug-likeness (QED) is 0.756. The van der Waals surface area contributed by atoms with E-state index >= 15 is 0 Å². The molecule has 1 aromatic rings. The van der Waals surface area contributed by atoms with Crippen molar-refractivity contribution in [3.63, 3.8) is 0 Å². The first-order valence-electron chi connectivity index (χ1n) is 9.33. The zero-order valence-corrected chi connectivity index (χ0v) is 15.6. The number of hydrogen-bond acceptors (Lipinski definition) is 3. The van der Waals surface area contributed by atoms with Gasteiger partial charge in [-0.2, -0.15) is 0 Å². The van der Waals surface area contributed by atoms with Crippen molar-refractivity contribution >= 4 is 29.1 Å². The minimum absolute atomic E-state index is 0.117. The molecule has 0 heterocycles. The van der Waals surface area contributed by atoms with Gasteiger partial charge in [0.1, 0.15) is 0 Å². The molecule has 140 valence electrons. The van der Waals surface area contributed by atoms with Crippen LogP contribution < -0.4 is 16.0 Å². The molecule has 0 radical (unpaired) electrons. The van der Waals surface area contributed by atoms with E-state index in [1.54, 1.807) is 18.2 Å². The summed E-state index contributed by atoms with van der Waals surface area (Å²) < 4.78 is 0. The van der Waals surface area contributed by atoms with Gasteiger partial charge in [-0.3, -0.25) is 14.4 Å². The molecule has 6 heteroatoms. The molecule has 1 aromatic carbocycles. The Kier molecular flexibility index (Phi) is 5.30. The normalized spacial score (nSPS) is 24.8. The highest BCUT2D eigenvalue weighted by Crippen LogP contribution is 2.49. The minimum atomic E-state index is -0.230. The summed E-state index contributed by atoms with van der Waals surface area (Å²) in [7, 11) is 0. The summed E-state index contributed by atoms with van der Waals surface area (Å²) >= 11 is 0. The van der Waals surface area contributed by atoms with Gasteiger partial charge in [-0.05, 0) is 62.1 Å². The third kappa shape index (κ3) is 4.23. The van der Waals surface area contributed by atoms with Crippen molar-refractivity contribution in [1.82, 2.24) is 5.32 Å². The molecule has 0 spiro atoms. The third-order valence-corrected chi connectivity index (χ3v) is 5.63. The van der Waals surface area contributed by atoms with Crippen molar-refractivity contribution in [1.29, 1.82) is 0 Å². The summed E-state index contributed by atoms with van der Waals surface area (Å²) in [5, 5.41) is 8.47. The lowest BCUT2D eigenvalue weighted by Crippen LogP contribution is -2.40. The Morgan fingerprint density at radius 3 is 2.04 bits per heavy atom. The van der Waals surface area contributed by atoms with Crippen LogP contribution in [0, 0.1) is 17.8 Å². The molecule has 3 N–H and O–H groups in total. The maximum atomic E-state index is 12.8. The summed E-state index contributed by atoms with van der Waals surface area (Å²) in [6.45, 7) is 4.89. The van der Waals surface area contributed by atoms with Crippen LogP contribution in [-0.2, 0) is 9.59 Å². The number of amides is 3. The number of rotatable bonds is 5. The lowest BCUT2D eigenvalue weighted by molar-refractivity contribution is -0.115. The van der Waals surface area contributed by atoms with Gasteiger partial charge in [-0.15, -0.1) is 0 Å². The summed E-state index contributed by atoms with van der Waals surface area (Å²) in [6.07, 6.45) is 5.12. The fourth-order valence-electron chi connectivity index (χ4n) is 4.61. The maximum absolute atomic E-state index is 12.8. The molecule has 6 nitrogen and oxygen atoms in total. The summed E-state index contributed by atoms with van der Waals surface area (Å²) in [5.74, 6) is 1.47. The highest BCUT2D eigenvalue weighted by molar-refractivity contribution is 6.00. The summed E-state index contributed by atoms with van der Waals surface area (Å²) in [5.41, 5.74) is 1.40. The fourth-order valence-corrected chi connectivity index (χ4v) is 4.61. The number of anilines is 2. The van der Waals surface area contributed by atoms with E-state index in [0.717, 1.165) is 11.8 Å². The monoisotopic (exact) mass is 357 g/mol. The van der Waals surface area contributed by atoms with Gasteiger partial charge in [0.05, 0.1) is 0 Å². The van der Waals surface area contributed by atoms with Crippen molar-refractivity contribution in [2.24, 2.45) is 17.8 Å². The maximum Gasteiger partial charge on any atom is 0.251 e. The van der Waals surface area contributed by atoms with E-state index in [2.05, 4.69) is 22.9 Å². The number of carbonyl (C=O) groups is 3. The zero-order chi connectivity index (χ0) is 18.8. The molecule has 2 fully saturated rings. The second kappa shape index (κ2) is 7.48. The molecule has 2 saturated carbocycles. The first kappa shape index (κ1) is 18.4. The first-order chi connectivity index (χ1) is 12.3. The molecule has 2 bridgehead atoms. The van der Waals surface area contributed by atoms with Crippen LogP contribution in [0.4, 0.5) is 11.4 Å². The predicted octanol–water partition coefficient (Wildman–Crippen LogP) is 3.16. The Labute approximate surface area is 154 Å². The van der Waals surface area contributed by atoms with E-state index in [1.165, 1.54) is 39.5 Å². The van der Waals surface area contributed by atoms with E-state index in [0.29, 0.717) is 22.9 Å². The largest absolute Gasteiger partial charge is 0.349 e. The van der Waals surface area contributed by atoms with Crippen molar-refractivity contribution in [2.45, 2.75) is 52.5 Å². The molecular formula is C20H27N3O3. The van der Waals surface area contributed by atoms with Gasteiger partial charge in [0.15, 0.2) is 0 Å². The Hall–Kier alpha value is -2.37. The Morgan fingerprint density at radius 2 is 1.58 bits per heavy atom. The van der Waals surface area contributed by atoms with Gasteiger partial charge < -0.3 is 16.0 Å². The van der Waals surface area contributed by atoms with Crippen LogP contribution in [0.3, 0.4) is 0 Å². The van der Waals surface area contributed by atoms with Gasteiger partial charge in [0.2, 0.25) is 11.8 Å². The molecule has 26 heavy (non-hydrogen) atoms. The molecule has 0 saturated heterocycles. The number of fused-ring (bicyclic) bond motifs is 2. The third-order valence-electron chi connectivity index (χ3n) is 5.63. The zero-order valence-electron chi connectivity index (χ0n) is 15.6. The smallest absolute Gasteiger partial charge is 0.251 e. The Bertz CT molecular complexity index is 697. The van der Waals surface area contributed by atoms with Gasteiger partial charge in [-0.25, -0.2) is 0 Å². The van der Waals surface area contributed by atoms with Crippen molar-refractivity contribution in [3.05, 3.63) is 23.8 Å². The van der Waals surface area contributed by atoms with Crippen LogP contribution in [0.5, 0.6) is 0 Å². The van der Waals surface area contributed by atoms with Crippen LogP contribution >= 0.6 is 0 Å². The fraction of sp³-hybridized carbons (Fsp3) is 0.550. The van der Waals surface area contributed by atoms with E-state index in [9.17, 15) is 14.4 Å². The number of benzene rings is 1. The molecule has 0 aromatic heterocycles. The molecule has 0 aliphatic heterocycles. The van der Waals surface area contributed by atoms with Gasteiger partial charge in [-0.1, -0.05) is 6.42 Å². The van der Waals surface area contributed by atoms with Crippen molar-refractivity contribution in [3.8, 4) is 0 Å². The average Bonchev–Trinajstić information content (AvgIpc) is 3.16. The SMILES string of the molecule is CC(=O)Nc1cc(NC(C)=O)cc(C(=O)N[C@@H](C)[C@@H]2C[C@H]3CC[C@H]2C3)c1. The molecule has 4 atom stereocenters. The lowest BCUT2D eigenvalue weighted by Gasteiger charge is -2.28. The van der Waals surface area contributed by atoms with Crippen LogP contribution in [0.2, 0.25) is 0 Å². The van der Waals surface area contributed by atoms with Crippen LogP contribution in [0.1, 0.15) is 56.8 Å². The predicted molar refractivity (Wildman–Crippen MR) is 101 cm³/mol. The van der Waals surface area contributed by atoms with Crippen LogP contribution in [-0.4, -0.2) is 23.8 Å². The molecule has 2 aliphatic rings. The van der Waals surface area contributed by atoms with Gasteiger partial charge >= 0.3 is 0 Å². The van der Waals surface area contributed by atoms with Crippen molar-refractivity contribution < 1.29 is 14.4 Å². The minimum Gasteiger partial charge on any atom is -0.349 e. The topological polar surface area (TPSA) is 87.3 Å².